The predicted octanol–water partition coefficient (Wildman–Crippen LogP) is 3.61. The third-order valence-electron chi connectivity index (χ3n) is 4.98. The third-order valence-corrected chi connectivity index (χ3v) is 5.21. The molecule has 1 aliphatic heterocycles. The first-order chi connectivity index (χ1) is 11.4. The molecule has 1 saturated carbocycles. The number of carbonyl (C=O) groups is 1. The Labute approximate surface area is 146 Å². The molecule has 4 rings (SSSR count). The molecule has 5 nitrogen and oxygen atoms in total. The van der Waals surface area contributed by atoms with Crippen LogP contribution in [0.2, 0.25) is 5.02 Å². The lowest BCUT2D eigenvalue weighted by atomic mass is 9.60. The van der Waals surface area contributed by atoms with Gasteiger partial charge in [0.05, 0.1) is 0 Å². The van der Waals surface area contributed by atoms with Crippen LogP contribution in [0.3, 0.4) is 0 Å². The highest BCUT2D eigenvalue weighted by Crippen LogP contribution is 2.49. The highest BCUT2D eigenvalue weighted by Gasteiger charge is 2.53. The molecule has 2 aromatic rings. The average Bonchev–Trinajstić information content (AvgIpc) is 2.81. The molecule has 2 heterocycles. The van der Waals surface area contributed by atoms with Gasteiger partial charge in [0.2, 0.25) is 5.91 Å². The SMILES string of the molecule is CC(C)CC(=O)NC1CC2(C1)CN(c1nc3cc(Cl)ccc3o1)C2. The number of oxazole rings is 1. The number of hydrogen-bond donors (Lipinski definition) is 1. The Hall–Kier alpha value is -1.75. The van der Waals surface area contributed by atoms with Gasteiger partial charge in [0.15, 0.2) is 5.58 Å². The van der Waals surface area contributed by atoms with Gasteiger partial charge < -0.3 is 14.6 Å². The van der Waals surface area contributed by atoms with E-state index in [1.54, 1.807) is 0 Å². The van der Waals surface area contributed by atoms with Gasteiger partial charge in [-0.1, -0.05) is 25.4 Å². The van der Waals surface area contributed by atoms with E-state index in [0.717, 1.165) is 37.0 Å². The van der Waals surface area contributed by atoms with E-state index in [1.165, 1.54) is 0 Å². The van der Waals surface area contributed by atoms with Crippen molar-refractivity contribution in [2.75, 3.05) is 18.0 Å². The fourth-order valence-electron chi connectivity index (χ4n) is 3.93. The van der Waals surface area contributed by atoms with Crippen LogP contribution in [0.15, 0.2) is 22.6 Å². The van der Waals surface area contributed by atoms with Crippen molar-refractivity contribution in [3.8, 4) is 0 Å². The second kappa shape index (κ2) is 5.66. The van der Waals surface area contributed by atoms with Crippen molar-refractivity contribution in [2.45, 2.75) is 39.2 Å². The van der Waals surface area contributed by atoms with Crippen molar-refractivity contribution in [3.63, 3.8) is 0 Å². The number of halogens is 1. The minimum absolute atomic E-state index is 0.178. The summed E-state index contributed by atoms with van der Waals surface area (Å²) in [4.78, 5) is 18.5. The Morgan fingerprint density at radius 2 is 2.21 bits per heavy atom. The van der Waals surface area contributed by atoms with Crippen molar-refractivity contribution in [3.05, 3.63) is 23.2 Å². The predicted molar refractivity (Wildman–Crippen MR) is 94.3 cm³/mol. The van der Waals surface area contributed by atoms with Crippen molar-refractivity contribution >= 4 is 34.6 Å². The number of nitrogens with zero attached hydrogens (tertiary/aromatic N) is 2. The smallest absolute Gasteiger partial charge is 0.298 e. The quantitative estimate of drug-likeness (QED) is 0.917. The lowest BCUT2D eigenvalue weighted by molar-refractivity contribution is -0.124. The van der Waals surface area contributed by atoms with Crippen LogP contribution >= 0.6 is 11.6 Å². The Morgan fingerprint density at radius 1 is 1.46 bits per heavy atom. The second-order valence-electron chi connectivity index (χ2n) is 7.74. The minimum atomic E-state index is 0.178. The third kappa shape index (κ3) is 2.86. The van der Waals surface area contributed by atoms with Gasteiger partial charge in [-0.25, -0.2) is 0 Å². The molecule has 24 heavy (non-hydrogen) atoms. The summed E-state index contributed by atoms with van der Waals surface area (Å²) < 4.78 is 5.81. The van der Waals surface area contributed by atoms with Crippen LogP contribution in [-0.4, -0.2) is 30.0 Å². The van der Waals surface area contributed by atoms with Gasteiger partial charge in [-0.2, -0.15) is 4.98 Å². The first kappa shape index (κ1) is 15.8. The summed E-state index contributed by atoms with van der Waals surface area (Å²) in [6, 6.07) is 6.49. The zero-order chi connectivity index (χ0) is 16.9. The van der Waals surface area contributed by atoms with E-state index in [1.807, 2.05) is 18.2 Å². The van der Waals surface area contributed by atoms with Crippen molar-refractivity contribution in [2.24, 2.45) is 11.3 Å². The first-order valence-corrected chi connectivity index (χ1v) is 8.91. The Morgan fingerprint density at radius 3 is 2.92 bits per heavy atom. The monoisotopic (exact) mass is 347 g/mol. The fraction of sp³-hybridized carbons (Fsp3) is 0.556. The molecular formula is C18H22ClN3O2. The zero-order valence-corrected chi connectivity index (χ0v) is 14.8. The normalized spacial score (nSPS) is 19.6. The van der Waals surface area contributed by atoms with Crippen LogP contribution in [-0.2, 0) is 4.79 Å². The molecule has 0 bridgehead atoms. The lowest BCUT2D eigenvalue weighted by Gasteiger charge is -2.58. The average molecular weight is 348 g/mol. The maximum absolute atomic E-state index is 11.8. The van der Waals surface area contributed by atoms with Crippen LogP contribution in [0.4, 0.5) is 6.01 Å². The van der Waals surface area contributed by atoms with Gasteiger partial charge in [0.25, 0.3) is 6.01 Å². The molecule has 1 N–H and O–H groups in total. The number of anilines is 1. The van der Waals surface area contributed by atoms with Gasteiger partial charge >= 0.3 is 0 Å². The zero-order valence-electron chi connectivity index (χ0n) is 14.0. The van der Waals surface area contributed by atoms with E-state index in [0.29, 0.717) is 34.8 Å². The maximum atomic E-state index is 11.8. The Balaban J connectivity index is 1.31. The van der Waals surface area contributed by atoms with Crippen LogP contribution in [0.1, 0.15) is 33.1 Å². The summed E-state index contributed by atoms with van der Waals surface area (Å²) in [7, 11) is 0. The molecule has 1 aromatic carbocycles. The number of benzene rings is 1. The standard InChI is InChI=1S/C18H22ClN3O2/c1-11(2)5-16(23)20-13-7-18(8-13)9-22(10-18)17-21-14-6-12(19)3-4-15(14)24-17/h3-4,6,11,13H,5,7-10H2,1-2H3,(H,20,23). The van der Waals surface area contributed by atoms with E-state index < -0.39 is 0 Å². The highest BCUT2D eigenvalue weighted by molar-refractivity contribution is 6.31. The van der Waals surface area contributed by atoms with Gasteiger partial charge in [-0.05, 0) is 37.0 Å². The molecule has 1 spiro atoms. The fourth-order valence-corrected chi connectivity index (χ4v) is 4.09. The first-order valence-electron chi connectivity index (χ1n) is 8.53. The number of fused-ring (bicyclic) bond motifs is 1. The molecule has 1 aliphatic carbocycles. The molecule has 0 radical (unpaired) electrons. The molecular weight excluding hydrogens is 326 g/mol. The van der Waals surface area contributed by atoms with Crippen molar-refractivity contribution < 1.29 is 9.21 Å². The maximum Gasteiger partial charge on any atom is 0.298 e. The second-order valence-corrected chi connectivity index (χ2v) is 8.17. The van der Waals surface area contributed by atoms with Gasteiger partial charge in [0, 0.05) is 36.0 Å². The number of nitrogens with one attached hydrogen (secondary N) is 1. The molecule has 6 heteroatoms. The molecule has 0 atom stereocenters. The molecule has 128 valence electrons. The Bertz CT molecular complexity index is 772. The number of aromatic nitrogens is 1. The van der Waals surface area contributed by atoms with Gasteiger partial charge in [-0.3, -0.25) is 4.79 Å². The summed E-state index contributed by atoms with van der Waals surface area (Å²) in [5, 5.41) is 3.81. The summed E-state index contributed by atoms with van der Waals surface area (Å²) in [6.07, 6.45) is 2.72. The van der Waals surface area contributed by atoms with Crippen LogP contribution < -0.4 is 10.2 Å². The summed E-state index contributed by atoms with van der Waals surface area (Å²) >= 11 is 5.99. The number of carbonyl (C=O) groups excluding carboxylic acids is 1. The summed E-state index contributed by atoms with van der Waals surface area (Å²) in [6.45, 7) is 6.03. The van der Waals surface area contributed by atoms with E-state index in [-0.39, 0.29) is 5.91 Å². The topological polar surface area (TPSA) is 58.4 Å². The molecule has 2 aliphatic rings. The largest absolute Gasteiger partial charge is 0.423 e. The number of amides is 1. The van der Waals surface area contributed by atoms with E-state index in [2.05, 4.69) is 29.0 Å². The van der Waals surface area contributed by atoms with E-state index in [4.69, 9.17) is 16.0 Å². The van der Waals surface area contributed by atoms with E-state index in [9.17, 15) is 4.79 Å². The van der Waals surface area contributed by atoms with Gasteiger partial charge in [0.1, 0.15) is 5.52 Å². The summed E-state index contributed by atoms with van der Waals surface area (Å²) in [5.74, 6) is 0.586. The van der Waals surface area contributed by atoms with Crippen molar-refractivity contribution in [1.82, 2.24) is 10.3 Å². The molecule has 1 saturated heterocycles. The molecule has 0 unspecified atom stereocenters. The number of hydrogen-bond acceptors (Lipinski definition) is 4. The molecule has 1 aromatic heterocycles. The molecule has 1 amide bonds. The Kier molecular flexibility index (Phi) is 3.71. The minimum Gasteiger partial charge on any atom is -0.423 e. The number of rotatable bonds is 4. The lowest BCUT2D eigenvalue weighted by Crippen LogP contribution is -2.66. The van der Waals surface area contributed by atoms with Crippen LogP contribution in [0.5, 0.6) is 0 Å². The van der Waals surface area contributed by atoms with Crippen molar-refractivity contribution in [1.29, 1.82) is 0 Å². The van der Waals surface area contributed by atoms with Crippen LogP contribution in [0, 0.1) is 11.3 Å². The van der Waals surface area contributed by atoms with E-state index >= 15 is 0 Å². The summed E-state index contributed by atoms with van der Waals surface area (Å²) in [5.41, 5.74) is 1.89. The highest BCUT2D eigenvalue weighted by atomic mass is 35.5. The van der Waals surface area contributed by atoms with Crippen LogP contribution in [0.25, 0.3) is 11.1 Å². The van der Waals surface area contributed by atoms with Gasteiger partial charge in [-0.15, -0.1) is 0 Å². The molecule has 2 fully saturated rings.